The molecule has 0 bridgehead atoms. The molecular formula is C13H20N2O2S. The monoisotopic (exact) mass is 268 g/mol. The topological polar surface area (TPSA) is 63.4 Å². The van der Waals surface area contributed by atoms with Gasteiger partial charge in [0.25, 0.3) is 0 Å². The third-order valence-electron chi connectivity index (χ3n) is 3.33. The molecule has 0 radical (unpaired) electrons. The first kappa shape index (κ1) is 13.5. The summed E-state index contributed by atoms with van der Waals surface area (Å²) in [7, 11) is -3.38. The van der Waals surface area contributed by atoms with Crippen LogP contribution < -0.4 is 5.73 Å². The first-order chi connectivity index (χ1) is 8.50. The van der Waals surface area contributed by atoms with Crippen LogP contribution in [0.3, 0.4) is 0 Å². The summed E-state index contributed by atoms with van der Waals surface area (Å²) in [5.41, 5.74) is 6.97. The average Bonchev–Trinajstić information content (AvgIpc) is 2.55. The Morgan fingerprint density at radius 3 is 2.56 bits per heavy atom. The lowest BCUT2D eigenvalue weighted by Gasteiger charge is -2.22. The maximum atomic E-state index is 12.5. The standard InChI is InChI=1S/C13H20N2O2S/c1-11-5-7-13(8-6-11)18(16,17)15-9-3-2-4-12(14)10-15/h5-8,12H,2-4,9-10,14H2,1H3. The molecule has 0 aromatic heterocycles. The van der Waals surface area contributed by atoms with Gasteiger partial charge in [-0.05, 0) is 31.9 Å². The van der Waals surface area contributed by atoms with Gasteiger partial charge in [0.05, 0.1) is 4.90 Å². The van der Waals surface area contributed by atoms with Crippen molar-refractivity contribution in [1.82, 2.24) is 4.31 Å². The lowest BCUT2D eigenvalue weighted by molar-refractivity contribution is 0.405. The van der Waals surface area contributed by atoms with E-state index < -0.39 is 10.0 Å². The molecular weight excluding hydrogens is 248 g/mol. The number of hydrogen-bond donors (Lipinski definition) is 1. The molecule has 1 aliphatic rings. The minimum atomic E-state index is -3.38. The molecule has 5 heteroatoms. The molecule has 1 unspecified atom stereocenters. The van der Waals surface area contributed by atoms with Gasteiger partial charge < -0.3 is 5.73 Å². The summed E-state index contributed by atoms with van der Waals surface area (Å²) in [4.78, 5) is 0.363. The second-order valence-electron chi connectivity index (χ2n) is 4.93. The lowest BCUT2D eigenvalue weighted by atomic mass is 10.2. The predicted octanol–water partition coefficient (Wildman–Crippen LogP) is 1.50. The summed E-state index contributed by atoms with van der Waals surface area (Å²) in [6.45, 7) is 2.94. The third kappa shape index (κ3) is 2.91. The second kappa shape index (κ2) is 5.38. The fraction of sp³-hybridized carbons (Fsp3) is 0.538. The summed E-state index contributed by atoms with van der Waals surface area (Å²) in [6, 6.07) is 6.94. The van der Waals surface area contributed by atoms with Crippen molar-refractivity contribution in [2.24, 2.45) is 5.73 Å². The van der Waals surface area contributed by atoms with E-state index >= 15 is 0 Å². The minimum absolute atomic E-state index is 0.0484. The van der Waals surface area contributed by atoms with E-state index in [4.69, 9.17) is 5.73 Å². The van der Waals surface area contributed by atoms with E-state index in [0.717, 1.165) is 24.8 Å². The Kier molecular flexibility index (Phi) is 4.04. The molecule has 1 heterocycles. The SMILES string of the molecule is Cc1ccc(S(=O)(=O)N2CCCCC(N)C2)cc1. The Hall–Kier alpha value is -0.910. The van der Waals surface area contributed by atoms with E-state index in [1.807, 2.05) is 19.1 Å². The van der Waals surface area contributed by atoms with Gasteiger partial charge in [-0.15, -0.1) is 0 Å². The number of nitrogens with zero attached hydrogens (tertiary/aromatic N) is 1. The van der Waals surface area contributed by atoms with Crippen molar-refractivity contribution < 1.29 is 8.42 Å². The van der Waals surface area contributed by atoms with E-state index in [-0.39, 0.29) is 6.04 Å². The number of hydrogen-bond acceptors (Lipinski definition) is 3. The van der Waals surface area contributed by atoms with Gasteiger partial charge in [-0.1, -0.05) is 24.1 Å². The number of aryl methyl sites for hydroxylation is 1. The van der Waals surface area contributed by atoms with Crippen molar-refractivity contribution in [2.45, 2.75) is 37.1 Å². The van der Waals surface area contributed by atoms with Crippen molar-refractivity contribution in [3.8, 4) is 0 Å². The first-order valence-corrected chi connectivity index (χ1v) is 7.76. The summed E-state index contributed by atoms with van der Waals surface area (Å²) < 4.78 is 26.5. The van der Waals surface area contributed by atoms with Crippen LogP contribution in [0.4, 0.5) is 0 Å². The number of benzene rings is 1. The molecule has 4 nitrogen and oxygen atoms in total. The smallest absolute Gasteiger partial charge is 0.243 e. The molecule has 1 saturated heterocycles. The van der Waals surface area contributed by atoms with Crippen molar-refractivity contribution in [3.05, 3.63) is 29.8 Å². The van der Waals surface area contributed by atoms with E-state index in [0.29, 0.717) is 18.0 Å². The van der Waals surface area contributed by atoms with Gasteiger partial charge in [-0.3, -0.25) is 0 Å². The Labute approximate surface area is 109 Å². The van der Waals surface area contributed by atoms with Gasteiger partial charge in [-0.25, -0.2) is 8.42 Å². The van der Waals surface area contributed by atoms with Crippen LogP contribution in [-0.2, 0) is 10.0 Å². The van der Waals surface area contributed by atoms with E-state index in [1.54, 1.807) is 12.1 Å². The number of rotatable bonds is 2. The van der Waals surface area contributed by atoms with Crippen LogP contribution in [0.1, 0.15) is 24.8 Å². The van der Waals surface area contributed by atoms with Gasteiger partial charge in [-0.2, -0.15) is 4.31 Å². The normalized spacial score (nSPS) is 22.7. The fourth-order valence-electron chi connectivity index (χ4n) is 2.22. The molecule has 0 spiro atoms. The van der Waals surface area contributed by atoms with Crippen molar-refractivity contribution in [3.63, 3.8) is 0 Å². The highest BCUT2D eigenvalue weighted by Gasteiger charge is 2.27. The molecule has 1 aliphatic heterocycles. The zero-order chi connectivity index (χ0) is 13.2. The highest BCUT2D eigenvalue weighted by molar-refractivity contribution is 7.89. The molecule has 1 aromatic carbocycles. The van der Waals surface area contributed by atoms with Gasteiger partial charge in [0.2, 0.25) is 10.0 Å². The molecule has 1 fully saturated rings. The van der Waals surface area contributed by atoms with E-state index in [2.05, 4.69) is 0 Å². The van der Waals surface area contributed by atoms with Crippen LogP contribution in [0, 0.1) is 6.92 Å². The second-order valence-corrected chi connectivity index (χ2v) is 6.87. The molecule has 0 amide bonds. The minimum Gasteiger partial charge on any atom is -0.327 e. The van der Waals surface area contributed by atoms with E-state index in [1.165, 1.54) is 4.31 Å². The largest absolute Gasteiger partial charge is 0.327 e. The molecule has 2 rings (SSSR count). The summed E-state index contributed by atoms with van der Waals surface area (Å²) in [6.07, 6.45) is 2.79. The van der Waals surface area contributed by atoms with Crippen molar-refractivity contribution in [1.29, 1.82) is 0 Å². The van der Waals surface area contributed by atoms with Crippen LogP contribution in [-0.4, -0.2) is 31.9 Å². The average molecular weight is 268 g/mol. The summed E-state index contributed by atoms with van der Waals surface area (Å²) in [5, 5.41) is 0. The fourth-order valence-corrected chi connectivity index (χ4v) is 3.75. The van der Waals surface area contributed by atoms with Gasteiger partial charge >= 0.3 is 0 Å². The Morgan fingerprint density at radius 2 is 1.89 bits per heavy atom. The Morgan fingerprint density at radius 1 is 1.22 bits per heavy atom. The summed E-state index contributed by atoms with van der Waals surface area (Å²) in [5.74, 6) is 0. The first-order valence-electron chi connectivity index (χ1n) is 6.32. The molecule has 100 valence electrons. The van der Waals surface area contributed by atoms with E-state index in [9.17, 15) is 8.42 Å². The molecule has 18 heavy (non-hydrogen) atoms. The molecule has 1 aromatic rings. The molecule has 0 saturated carbocycles. The zero-order valence-corrected chi connectivity index (χ0v) is 11.5. The Bertz CT molecular complexity index is 496. The van der Waals surface area contributed by atoms with Crippen LogP contribution in [0.15, 0.2) is 29.2 Å². The number of nitrogens with two attached hydrogens (primary N) is 1. The Balaban J connectivity index is 2.26. The number of sulfonamides is 1. The zero-order valence-electron chi connectivity index (χ0n) is 10.7. The van der Waals surface area contributed by atoms with Gasteiger partial charge in [0.15, 0.2) is 0 Å². The van der Waals surface area contributed by atoms with Crippen LogP contribution in [0.25, 0.3) is 0 Å². The van der Waals surface area contributed by atoms with Gasteiger partial charge in [0, 0.05) is 19.1 Å². The lowest BCUT2D eigenvalue weighted by Crippen LogP contribution is -2.39. The van der Waals surface area contributed by atoms with Crippen LogP contribution >= 0.6 is 0 Å². The highest BCUT2D eigenvalue weighted by Crippen LogP contribution is 2.20. The molecule has 1 atom stereocenters. The van der Waals surface area contributed by atoms with Crippen LogP contribution in [0.5, 0.6) is 0 Å². The van der Waals surface area contributed by atoms with Crippen molar-refractivity contribution >= 4 is 10.0 Å². The predicted molar refractivity (Wildman–Crippen MR) is 71.8 cm³/mol. The maximum Gasteiger partial charge on any atom is 0.243 e. The van der Waals surface area contributed by atoms with Crippen molar-refractivity contribution in [2.75, 3.05) is 13.1 Å². The quantitative estimate of drug-likeness (QED) is 0.884. The molecule has 2 N–H and O–H groups in total. The maximum absolute atomic E-state index is 12.5. The van der Waals surface area contributed by atoms with Gasteiger partial charge in [0.1, 0.15) is 0 Å². The van der Waals surface area contributed by atoms with Crippen LogP contribution in [0.2, 0.25) is 0 Å². The summed E-state index contributed by atoms with van der Waals surface area (Å²) >= 11 is 0. The third-order valence-corrected chi connectivity index (χ3v) is 5.21. The molecule has 0 aliphatic carbocycles. The highest BCUT2D eigenvalue weighted by atomic mass is 32.2.